The molecule has 0 aliphatic carbocycles. The van der Waals surface area contributed by atoms with Crippen molar-refractivity contribution in [1.29, 1.82) is 0 Å². The summed E-state index contributed by atoms with van der Waals surface area (Å²) in [5, 5.41) is 3.09. The quantitative estimate of drug-likeness (QED) is 0.926. The number of benzene rings is 1. The minimum atomic E-state index is 0. The predicted octanol–water partition coefficient (Wildman–Crippen LogP) is 2.94. The van der Waals surface area contributed by atoms with Gasteiger partial charge in [0.25, 0.3) is 0 Å². The Morgan fingerprint density at radius 2 is 2.25 bits per heavy atom. The van der Waals surface area contributed by atoms with Gasteiger partial charge in [0.2, 0.25) is 5.91 Å². The monoisotopic (exact) mass is 296 g/mol. The number of nitrogens with one attached hydrogen (secondary N) is 1. The van der Waals surface area contributed by atoms with Gasteiger partial charge in [-0.05, 0) is 32.4 Å². The SMILES string of the molecule is CNCC(C)C(=O)N1CCCC1c1cccc(C)c1.Cl. The maximum atomic E-state index is 12.5. The fraction of sp³-hybridized carbons (Fsp3) is 0.562. The standard InChI is InChI=1S/C16H24N2O.ClH/c1-12-6-4-7-14(10-12)15-8-5-9-18(15)16(19)13(2)11-17-3;/h4,6-7,10,13,15,17H,5,8-9,11H2,1-3H3;1H. The van der Waals surface area contributed by atoms with Gasteiger partial charge in [0.1, 0.15) is 0 Å². The molecule has 112 valence electrons. The Kier molecular flexibility index (Phi) is 6.50. The number of aryl methyl sites for hydroxylation is 1. The number of hydrogen-bond donors (Lipinski definition) is 1. The van der Waals surface area contributed by atoms with Crippen molar-refractivity contribution in [2.45, 2.75) is 32.7 Å². The van der Waals surface area contributed by atoms with Crippen LogP contribution in [0.1, 0.15) is 36.9 Å². The Bertz CT molecular complexity index is 450. The molecule has 1 aliphatic rings. The minimum absolute atomic E-state index is 0. The van der Waals surface area contributed by atoms with Crippen LogP contribution < -0.4 is 5.32 Å². The average Bonchev–Trinajstić information content (AvgIpc) is 2.87. The van der Waals surface area contributed by atoms with Gasteiger partial charge in [-0.1, -0.05) is 36.8 Å². The van der Waals surface area contributed by atoms with Crippen molar-refractivity contribution in [1.82, 2.24) is 10.2 Å². The molecular formula is C16H25ClN2O. The summed E-state index contributed by atoms with van der Waals surface area (Å²) in [6, 6.07) is 8.81. The predicted molar refractivity (Wildman–Crippen MR) is 85.2 cm³/mol. The van der Waals surface area contributed by atoms with Crippen LogP contribution in [0, 0.1) is 12.8 Å². The highest BCUT2D eigenvalue weighted by Gasteiger charge is 2.31. The van der Waals surface area contributed by atoms with Gasteiger partial charge in [0, 0.05) is 19.0 Å². The molecule has 0 radical (unpaired) electrons. The second-order valence-electron chi connectivity index (χ2n) is 5.56. The topological polar surface area (TPSA) is 32.3 Å². The molecule has 1 aromatic carbocycles. The first-order chi connectivity index (χ1) is 9.13. The van der Waals surface area contributed by atoms with Crippen LogP contribution in [0.4, 0.5) is 0 Å². The van der Waals surface area contributed by atoms with Crippen LogP contribution in [0.3, 0.4) is 0 Å². The van der Waals surface area contributed by atoms with E-state index in [1.165, 1.54) is 11.1 Å². The molecule has 4 heteroatoms. The average molecular weight is 297 g/mol. The molecule has 1 aliphatic heterocycles. The van der Waals surface area contributed by atoms with Crippen molar-refractivity contribution in [3.05, 3.63) is 35.4 Å². The Balaban J connectivity index is 0.00000200. The molecule has 1 heterocycles. The normalized spacial score (nSPS) is 19.6. The van der Waals surface area contributed by atoms with E-state index in [0.717, 1.165) is 25.9 Å². The van der Waals surface area contributed by atoms with E-state index < -0.39 is 0 Å². The Labute approximate surface area is 128 Å². The fourth-order valence-corrected chi connectivity index (χ4v) is 2.93. The van der Waals surface area contributed by atoms with E-state index in [1.54, 1.807) is 0 Å². The van der Waals surface area contributed by atoms with Gasteiger partial charge in [-0.25, -0.2) is 0 Å². The van der Waals surface area contributed by atoms with E-state index >= 15 is 0 Å². The first-order valence-electron chi connectivity index (χ1n) is 7.15. The van der Waals surface area contributed by atoms with E-state index in [-0.39, 0.29) is 30.3 Å². The summed E-state index contributed by atoms with van der Waals surface area (Å²) in [6.07, 6.45) is 2.19. The maximum absolute atomic E-state index is 12.5. The molecule has 1 amide bonds. The lowest BCUT2D eigenvalue weighted by molar-refractivity contribution is -0.135. The summed E-state index contributed by atoms with van der Waals surface area (Å²) in [6.45, 7) is 5.75. The number of halogens is 1. The van der Waals surface area contributed by atoms with Crippen molar-refractivity contribution in [2.24, 2.45) is 5.92 Å². The molecule has 2 unspecified atom stereocenters. The summed E-state index contributed by atoms with van der Waals surface area (Å²) in [5.74, 6) is 0.328. The molecule has 0 spiro atoms. The minimum Gasteiger partial charge on any atom is -0.335 e. The van der Waals surface area contributed by atoms with Crippen molar-refractivity contribution >= 4 is 18.3 Å². The second-order valence-corrected chi connectivity index (χ2v) is 5.56. The Morgan fingerprint density at radius 3 is 2.90 bits per heavy atom. The third kappa shape index (κ3) is 3.74. The van der Waals surface area contributed by atoms with Crippen molar-refractivity contribution in [3.63, 3.8) is 0 Å². The molecule has 0 bridgehead atoms. The largest absolute Gasteiger partial charge is 0.335 e. The van der Waals surface area contributed by atoms with Gasteiger partial charge >= 0.3 is 0 Å². The van der Waals surface area contributed by atoms with Crippen molar-refractivity contribution in [3.8, 4) is 0 Å². The number of likely N-dealkylation sites (tertiary alicyclic amines) is 1. The maximum Gasteiger partial charge on any atom is 0.227 e. The Morgan fingerprint density at radius 1 is 1.50 bits per heavy atom. The van der Waals surface area contributed by atoms with Gasteiger partial charge in [0.05, 0.1) is 6.04 Å². The van der Waals surface area contributed by atoms with Crippen LogP contribution in [0.25, 0.3) is 0 Å². The van der Waals surface area contributed by atoms with Gasteiger partial charge in [-0.3, -0.25) is 4.79 Å². The lowest BCUT2D eigenvalue weighted by Gasteiger charge is -2.28. The summed E-state index contributed by atoms with van der Waals surface area (Å²) < 4.78 is 0. The molecule has 0 aromatic heterocycles. The Hall–Kier alpha value is -1.06. The van der Waals surface area contributed by atoms with Gasteiger partial charge in [-0.15, -0.1) is 12.4 Å². The highest BCUT2D eigenvalue weighted by Crippen LogP contribution is 2.33. The highest BCUT2D eigenvalue weighted by molar-refractivity contribution is 5.85. The number of amides is 1. The molecule has 2 atom stereocenters. The highest BCUT2D eigenvalue weighted by atomic mass is 35.5. The fourth-order valence-electron chi connectivity index (χ4n) is 2.93. The molecule has 1 saturated heterocycles. The van der Waals surface area contributed by atoms with Crippen LogP contribution in [0.2, 0.25) is 0 Å². The summed E-state index contributed by atoms with van der Waals surface area (Å²) in [7, 11) is 1.89. The van der Waals surface area contributed by atoms with E-state index in [2.05, 4.69) is 41.4 Å². The van der Waals surface area contributed by atoms with Crippen LogP contribution in [-0.4, -0.2) is 30.9 Å². The van der Waals surface area contributed by atoms with Crippen LogP contribution in [0.5, 0.6) is 0 Å². The molecular weight excluding hydrogens is 272 g/mol. The van der Waals surface area contributed by atoms with E-state index in [1.807, 2.05) is 14.0 Å². The second kappa shape index (κ2) is 7.65. The molecule has 2 rings (SSSR count). The summed E-state index contributed by atoms with van der Waals surface area (Å²) in [4.78, 5) is 14.6. The smallest absolute Gasteiger partial charge is 0.227 e. The molecule has 0 saturated carbocycles. The zero-order valence-electron chi connectivity index (χ0n) is 12.6. The number of nitrogens with zero attached hydrogens (tertiary/aromatic N) is 1. The molecule has 1 N–H and O–H groups in total. The number of hydrogen-bond acceptors (Lipinski definition) is 2. The lowest BCUT2D eigenvalue weighted by Crippen LogP contribution is -2.38. The van der Waals surface area contributed by atoms with Crippen LogP contribution in [0.15, 0.2) is 24.3 Å². The van der Waals surface area contributed by atoms with Crippen molar-refractivity contribution in [2.75, 3.05) is 20.1 Å². The van der Waals surface area contributed by atoms with E-state index in [9.17, 15) is 4.79 Å². The summed E-state index contributed by atoms with van der Waals surface area (Å²) in [5.41, 5.74) is 2.54. The number of rotatable bonds is 4. The van der Waals surface area contributed by atoms with E-state index in [4.69, 9.17) is 0 Å². The third-order valence-electron chi connectivity index (χ3n) is 3.89. The van der Waals surface area contributed by atoms with Gasteiger partial charge in [-0.2, -0.15) is 0 Å². The lowest BCUT2D eigenvalue weighted by atomic mass is 10.0. The first-order valence-corrected chi connectivity index (χ1v) is 7.15. The molecule has 3 nitrogen and oxygen atoms in total. The zero-order valence-corrected chi connectivity index (χ0v) is 13.4. The molecule has 1 fully saturated rings. The van der Waals surface area contributed by atoms with Crippen molar-refractivity contribution < 1.29 is 4.79 Å². The summed E-state index contributed by atoms with van der Waals surface area (Å²) >= 11 is 0. The zero-order chi connectivity index (χ0) is 13.8. The molecule has 20 heavy (non-hydrogen) atoms. The third-order valence-corrected chi connectivity index (χ3v) is 3.89. The van der Waals surface area contributed by atoms with Crippen LogP contribution in [-0.2, 0) is 4.79 Å². The first kappa shape index (κ1) is 17.0. The van der Waals surface area contributed by atoms with Gasteiger partial charge in [0.15, 0.2) is 0 Å². The van der Waals surface area contributed by atoms with Gasteiger partial charge < -0.3 is 10.2 Å². The molecule has 1 aromatic rings. The van der Waals surface area contributed by atoms with Crippen LogP contribution >= 0.6 is 12.4 Å². The number of carbonyl (C=O) groups is 1. The van der Waals surface area contributed by atoms with E-state index in [0.29, 0.717) is 0 Å². The number of carbonyl (C=O) groups excluding carboxylic acids is 1.